The molecule has 1 aromatic rings. The third kappa shape index (κ3) is 4.92. The van der Waals surface area contributed by atoms with Gasteiger partial charge in [-0.25, -0.2) is 0 Å². The van der Waals surface area contributed by atoms with E-state index in [1.54, 1.807) is 7.11 Å². The van der Waals surface area contributed by atoms with Gasteiger partial charge in [0.1, 0.15) is 0 Å². The molecule has 0 radical (unpaired) electrons. The van der Waals surface area contributed by atoms with Crippen molar-refractivity contribution in [2.45, 2.75) is 32.4 Å². The Morgan fingerprint density at radius 1 is 1.41 bits per heavy atom. The lowest BCUT2D eigenvalue weighted by Crippen LogP contribution is -2.43. The quantitative estimate of drug-likeness (QED) is 0.854. The molecule has 1 N–H and O–H groups in total. The van der Waals surface area contributed by atoms with Crippen LogP contribution in [0.3, 0.4) is 0 Å². The van der Waals surface area contributed by atoms with Crippen molar-refractivity contribution in [3.63, 3.8) is 0 Å². The van der Waals surface area contributed by atoms with Crippen LogP contribution in [0.2, 0.25) is 5.02 Å². The molecule has 1 aliphatic rings. The monoisotopic (exact) mass is 348 g/mol. The van der Waals surface area contributed by atoms with Crippen molar-refractivity contribution in [2.75, 3.05) is 33.9 Å². The number of rotatable bonds is 6. The summed E-state index contributed by atoms with van der Waals surface area (Å²) in [6, 6.07) is 4.59. The fourth-order valence-electron chi connectivity index (χ4n) is 2.84. The van der Waals surface area contributed by atoms with Crippen LogP contribution in [0.4, 0.5) is 0 Å². The van der Waals surface area contributed by atoms with Gasteiger partial charge in [-0.1, -0.05) is 11.6 Å². The summed E-state index contributed by atoms with van der Waals surface area (Å²) >= 11 is 6.33. The average molecular weight is 349 g/mol. The normalized spacial score (nSPS) is 18.6. The number of nitrogens with one attached hydrogen (secondary N) is 1. The molecule has 4 nitrogen and oxygen atoms in total. The van der Waals surface area contributed by atoms with Crippen LogP contribution in [0.25, 0.3) is 0 Å². The summed E-state index contributed by atoms with van der Waals surface area (Å²) in [6.07, 6.45) is 2.48. The topological polar surface area (TPSA) is 33.7 Å². The summed E-state index contributed by atoms with van der Waals surface area (Å²) < 4.78 is 11.0. The lowest BCUT2D eigenvalue weighted by Gasteiger charge is -2.32. The zero-order valence-corrected chi connectivity index (χ0v) is 15.1. The van der Waals surface area contributed by atoms with Gasteiger partial charge >= 0.3 is 0 Å². The molecule has 0 amide bonds. The van der Waals surface area contributed by atoms with Crippen molar-refractivity contribution in [1.82, 2.24) is 10.2 Å². The Balaban J connectivity index is 0.00000242. The largest absolute Gasteiger partial charge is 0.493 e. The SMILES string of the molecule is CCOc1c(Cl)cc(CN2CCCC(NC)C2)cc1OC.Cl. The van der Waals surface area contributed by atoms with Gasteiger partial charge in [0.2, 0.25) is 0 Å². The molecule has 2 rings (SSSR count). The van der Waals surface area contributed by atoms with Gasteiger partial charge in [-0.05, 0) is 51.1 Å². The van der Waals surface area contributed by atoms with Crippen molar-refractivity contribution in [3.05, 3.63) is 22.7 Å². The summed E-state index contributed by atoms with van der Waals surface area (Å²) in [5, 5.41) is 3.99. The van der Waals surface area contributed by atoms with E-state index in [-0.39, 0.29) is 12.4 Å². The van der Waals surface area contributed by atoms with E-state index in [0.717, 1.165) is 25.2 Å². The molecular weight excluding hydrogens is 323 g/mol. The molecule has 0 bridgehead atoms. The number of ether oxygens (including phenoxy) is 2. The van der Waals surface area contributed by atoms with E-state index >= 15 is 0 Å². The fourth-order valence-corrected chi connectivity index (χ4v) is 3.13. The third-order valence-electron chi connectivity index (χ3n) is 3.90. The van der Waals surface area contributed by atoms with Gasteiger partial charge in [0.15, 0.2) is 11.5 Å². The summed E-state index contributed by atoms with van der Waals surface area (Å²) in [5.41, 5.74) is 1.16. The third-order valence-corrected chi connectivity index (χ3v) is 4.18. The number of piperidine rings is 1. The second-order valence-corrected chi connectivity index (χ2v) is 5.81. The van der Waals surface area contributed by atoms with Crippen LogP contribution in [-0.2, 0) is 6.54 Å². The van der Waals surface area contributed by atoms with Crippen molar-refractivity contribution in [2.24, 2.45) is 0 Å². The molecule has 1 saturated heterocycles. The van der Waals surface area contributed by atoms with Crippen LogP contribution in [0, 0.1) is 0 Å². The molecule has 1 unspecified atom stereocenters. The maximum absolute atomic E-state index is 6.33. The van der Waals surface area contributed by atoms with E-state index in [2.05, 4.69) is 10.2 Å². The van der Waals surface area contributed by atoms with Gasteiger partial charge in [0.25, 0.3) is 0 Å². The molecule has 0 aliphatic carbocycles. The Morgan fingerprint density at radius 3 is 2.82 bits per heavy atom. The highest BCUT2D eigenvalue weighted by Crippen LogP contribution is 2.36. The Labute approximate surface area is 144 Å². The molecule has 0 aromatic heterocycles. The van der Waals surface area contributed by atoms with Gasteiger partial charge in [-0.15, -0.1) is 12.4 Å². The van der Waals surface area contributed by atoms with E-state index in [1.165, 1.54) is 12.8 Å². The Kier molecular flexibility index (Phi) is 8.33. The molecule has 1 heterocycles. The first-order valence-corrected chi connectivity index (χ1v) is 7.94. The number of hydrogen-bond acceptors (Lipinski definition) is 4. The highest BCUT2D eigenvalue weighted by atomic mass is 35.5. The highest BCUT2D eigenvalue weighted by molar-refractivity contribution is 6.32. The highest BCUT2D eigenvalue weighted by Gasteiger charge is 2.19. The molecule has 126 valence electrons. The molecule has 1 atom stereocenters. The molecule has 1 aliphatic heterocycles. The van der Waals surface area contributed by atoms with Crippen LogP contribution >= 0.6 is 24.0 Å². The van der Waals surface area contributed by atoms with Gasteiger partial charge in [0, 0.05) is 19.1 Å². The molecule has 22 heavy (non-hydrogen) atoms. The van der Waals surface area contributed by atoms with Gasteiger partial charge in [0.05, 0.1) is 18.7 Å². The van der Waals surface area contributed by atoms with E-state index in [1.807, 2.05) is 26.1 Å². The average Bonchev–Trinajstić information content (AvgIpc) is 2.50. The lowest BCUT2D eigenvalue weighted by atomic mass is 10.0. The smallest absolute Gasteiger partial charge is 0.179 e. The van der Waals surface area contributed by atoms with E-state index < -0.39 is 0 Å². The van der Waals surface area contributed by atoms with Crippen molar-refractivity contribution in [1.29, 1.82) is 0 Å². The van der Waals surface area contributed by atoms with E-state index in [0.29, 0.717) is 29.2 Å². The predicted octanol–water partition coefficient (Wildman–Crippen LogP) is 3.35. The number of likely N-dealkylation sites (tertiary alicyclic amines) is 1. The number of methoxy groups -OCH3 is 1. The van der Waals surface area contributed by atoms with Crippen LogP contribution in [0.15, 0.2) is 12.1 Å². The summed E-state index contributed by atoms with van der Waals surface area (Å²) in [5.74, 6) is 1.35. The Morgan fingerprint density at radius 2 is 2.18 bits per heavy atom. The molecule has 0 spiro atoms. The van der Waals surface area contributed by atoms with E-state index in [9.17, 15) is 0 Å². The number of halogens is 2. The second-order valence-electron chi connectivity index (χ2n) is 5.40. The Hall–Kier alpha value is -0.680. The number of benzene rings is 1. The van der Waals surface area contributed by atoms with E-state index in [4.69, 9.17) is 21.1 Å². The summed E-state index contributed by atoms with van der Waals surface area (Å²) in [7, 11) is 3.68. The second kappa shape index (κ2) is 9.46. The van der Waals surface area contributed by atoms with Gasteiger partial charge in [-0.2, -0.15) is 0 Å². The minimum atomic E-state index is 0. The standard InChI is InChI=1S/C16H25ClN2O2.ClH/c1-4-21-16-14(17)8-12(9-15(16)20-3)10-19-7-5-6-13(11-19)18-2;/h8-9,13,18H,4-7,10-11H2,1-3H3;1H. The maximum atomic E-state index is 6.33. The fraction of sp³-hybridized carbons (Fsp3) is 0.625. The van der Waals surface area contributed by atoms with Gasteiger partial charge in [-0.3, -0.25) is 4.90 Å². The predicted molar refractivity (Wildman–Crippen MR) is 93.8 cm³/mol. The molecule has 0 saturated carbocycles. The summed E-state index contributed by atoms with van der Waals surface area (Å²) in [6.45, 7) is 5.61. The zero-order valence-electron chi connectivity index (χ0n) is 13.5. The first-order valence-electron chi connectivity index (χ1n) is 7.56. The van der Waals surface area contributed by atoms with Gasteiger partial charge < -0.3 is 14.8 Å². The van der Waals surface area contributed by atoms with Crippen LogP contribution in [-0.4, -0.2) is 44.8 Å². The number of hydrogen-bond donors (Lipinski definition) is 1. The minimum Gasteiger partial charge on any atom is -0.493 e. The molecular formula is C16H26Cl2N2O2. The first kappa shape index (κ1) is 19.4. The van der Waals surface area contributed by atoms with Crippen molar-refractivity contribution in [3.8, 4) is 11.5 Å². The number of nitrogens with zero attached hydrogens (tertiary/aromatic N) is 1. The molecule has 6 heteroatoms. The molecule has 1 aromatic carbocycles. The van der Waals surface area contributed by atoms with Crippen molar-refractivity contribution >= 4 is 24.0 Å². The lowest BCUT2D eigenvalue weighted by molar-refractivity contribution is 0.187. The number of likely N-dealkylation sites (N-methyl/N-ethyl adjacent to an activating group) is 1. The van der Waals surface area contributed by atoms with Crippen molar-refractivity contribution < 1.29 is 9.47 Å². The zero-order chi connectivity index (χ0) is 15.2. The van der Waals surface area contributed by atoms with Crippen LogP contribution in [0.1, 0.15) is 25.3 Å². The minimum absolute atomic E-state index is 0. The molecule has 1 fully saturated rings. The first-order chi connectivity index (χ1) is 10.2. The summed E-state index contributed by atoms with van der Waals surface area (Å²) in [4.78, 5) is 2.45. The van der Waals surface area contributed by atoms with Crippen LogP contribution in [0.5, 0.6) is 11.5 Å². The van der Waals surface area contributed by atoms with Crippen LogP contribution < -0.4 is 14.8 Å². The maximum Gasteiger partial charge on any atom is 0.179 e. The Bertz CT molecular complexity index is 472.